The number of nitrogens with one attached hydrogen (secondary N) is 2. The van der Waals surface area contributed by atoms with Gasteiger partial charge in [0.2, 0.25) is 5.91 Å². The molecule has 1 heterocycles. The molecule has 10 nitrogen and oxygen atoms in total. The van der Waals surface area contributed by atoms with E-state index in [2.05, 4.69) is 31.4 Å². The fraction of sp³-hybridized carbons (Fsp3) is 0.622. The lowest BCUT2D eigenvalue weighted by Crippen LogP contribution is -2.62. The van der Waals surface area contributed by atoms with Gasteiger partial charge in [-0.2, -0.15) is 5.06 Å². The summed E-state index contributed by atoms with van der Waals surface area (Å²) in [6.07, 6.45) is 0.294. The lowest BCUT2D eigenvalue weighted by molar-refractivity contribution is -0.183. The minimum atomic E-state index is -0.953. The van der Waals surface area contributed by atoms with Crippen LogP contribution in [0.15, 0.2) is 36.4 Å². The Labute approximate surface area is 284 Å². The Morgan fingerprint density at radius 3 is 2.48 bits per heavy atom. The summed E-state index contributed by atoms with van der Waals surface area (Å²) in [5, 5.41) is 28.6. The van der Waals surface area contributed by atoms with Crippen LogP contribution in [0.25, 0.3) is 11.1 Å². The number of aliphatic hydroxyl groups excluding tert-OH is 2. The molecule has 11 heteroatoms. The molecule has 0 radical (unpaired) electrons. The van der Waals surface area contributed by atoms with Crippen molar-refractivity contribution in [1.82, 2.24) is 20.6 Å². The molecule has 6 rings (SSSR count). The van der Waals surface area contributed by atoms with E-state index in [0.29, 0.717) is 47.5 Å². The number of anilines is 1. The van der Waals surface area contributed by atoms with Crippen molar-refractivity contribution in [2.24, 2.45) is 29.1 Å². The zero-order chi connectivity index (χ0) is 35.1. The third kappa shape index (κ3) is 7.12. The normalized spacial score (nSPS) is 28.5. The summed E-state index contributed by atoms with van der Waals surface area (Å²) in [6.45, 7) is 9.09. The van der Waals surface area contributed by atoms with E-state index in [1.54, 1.807) is 37.3 Å². The van der Waals surface area contributed by atoms with E-state index in [4.69, 9.17) is 4.84 Å². The molecule has 3 saturated carbocycles. The van der Waals surface area contributed by atoms with Gasteiger partial charge < -0.3 is 30.6 Å². The van der Waals surface area contributed by atoms with Gasteiger partial charge in [0.1, 0.15) is 18.0 Å². The Bertz CT molecular complexity index is 1480. The lowest BCUT2D eigenvalue weighted by atomic mass is 9.45. The van der Waals surface area contributed by atoms with E-state index < -0.39 is 36.6 Å². The Kier molecular flexibility index (Phi) is 10.9. The number of carbonyl (C=O) groups is 2. The number of benzene rings is 2. The Morgan fingerprint density at radius 2 is 1.88 bits per heavy atom. The average Bonchev–Trinajstić information content (AvgIpc) is 3.41. The third-order valence-electron chi connectivity index (χ3n) is 11.3. The van der Waals surface area contributed by atoms with Gasteiger partial charge in [0.15, 0.2) is 0 Å². The van der Waals surface area contributed by atoms with Crippen molar-refractivity contribution in [2.75, 3.05) is 52.8 Å². The SMILES string of the molecule is C[C@@H]1[C@@H](NC(=O)[C@@H]2[C@H]([C@H](C)O)[C@H](CO)ON2Cc2cccc(-c3cc(C(=O)NCCN(C)C)cc(N(C)C)c3)c2F)C[C@H]2C[C@@H]1C2(C)C. The molecule has 48 heavy (non-hydrogen) atoms. The number of amides is 2. The van der Waals surface area contributed by atoms with Crippen LogP contribution in [0.4, 0.5) is 10.1 Å². The van der Waals surface area contributed by atoms with Crippen molar-refractivity contribution in [3.8, 4) is 11.1 Å². The van der Waals surface area contributed by atoms with Crippen molar-refractivity contribution in [3.63, 3.8) is 0 Å². The van der Waals surface area contributed by atoms with E-state index in [-0.39, 0.29) is 35.4 Å². The highest BCUT2D eigenvalue weighted by atomic mass is 19.1. The van der Waals surface area contributed by atoms with E-state index in [0.717, 1.165) is 12.1 Å². The van der Waals surface area contributed by atoms with Gasteiger partial charge in [0.05, 0.1) is 19.3 Å². The zero-order valence-electron chi connectivity index (χ0n) is 29.7. The highest BCUT2D eigenvalue weighted by Crippen LogP contribution is 2.61. The van der Waals surface area contributed by atoms with Gasteiger partial charge in [-0.1, -0.05) is 39.0 Å². The van der Waals surface area contributed by atoms with Gasteiger partial charge in [-0.05, 0) is 80.8 Å². The largest absolute Gasteiger partial charge is 0.394 e. The van der Waals surface area contributed by atoms with Crippen molar-refractivity contribution >= 4 is 17.5 Å². The van der Waals surface area contributed by atoms with Gasteiger partial charge in [0.25, 0.3) is 5.91 Å². The standard InChI is InChI=1S/C37H54FN5O5/c1-21-29-17-26(37(29,3)4)18-30(21)40-36(47)34-32(22(2)45)31(20-44)48-43(34)19-23-10-9-11-28(33(23)38)24-14-25(16-27(15-24)42(7)8)35(46)39-12-13-41(5)6/h9-11,14-16,21-22,26,29-32,34,44-45H,12-13,17-20H2,1-8H3,(H,39,46)(H,40,47)/t21-,22-,26+,29-,30-,31-,32+,34-/m0/s1. The number of hydroxylamine groups is 2. The molecule has 4 aliphatic rings. The minimum absolute atomic E-state index is 0.00253. The molecular formula is C37H54FN5O5. The topological polar surface area (TPSA) is 118 Å². The van der Waals surface area contributed by atoms with Crippen molar-refractivity contribution in [3.05, 3.63) is 53.3 Å². The molecule has 0 unspecified atom stereocenters. The Morgan fingerprint density at radius 1 is 1.15 bits per heavy atom. The summed E-state index contributed by atoms with van der Waals surface area (Å²) in [4.78, 5) is 37.1. The maximum atomic E-state index is 16.5. The van der Waals surface area contributed by atoms with E-state index in [9.17, 15) is 19.8 Å². The fourth-order valence-corrected chi connectivity index (χ4v) is 8.23. The number of likely N-dealkylation sites (N-methyl/N-ethyl adjacent to an activating group) is 1. The molecule has 2 amide bonds. The zero-order valence-corrected chi connectivity index (χ0v) is 29.7. The number of fused-ring (bicyclic) bond motifs is 2. The second-order valence-electron chi connectivity index (χ2n) is 15.2. The molecule has 1 aliphatic heterocycles. The smallest absolute Gasteiger partial charge is 0.251 e. The van der Waals surface area contributed by atoms with Gasteiger partial charge in [-0.3, -0.25) is 14.4 Å². The maximum absolute atomic E-state index is 16.5. The molecule has 2 bridgehead atoms. The number of halogens is 1. The quantitative estimate of drug-likeness (QED) is 0.272. The van der Waals surface area contributed by atoms with Crippen LogP contribution in [0, 0.1) is 34.9 Å². The van der Waals surface area contributed by atoms with Gasteiger partial charge in [-0.25, -0.2) is 4.39 Å². The van der Waals surface area contributed by atoms with Gasteiger partial charge in [-0.15, -0.1) is 0 Å². The first-order valence-electron chi connectivity index (χ1n) is 17.2. The molecule has 2 aromatic carbocycles. The number of carbonyl (C=O) groups excluding carboxylic acids is 2. The Balaban J connectivity index is 1.41. The van der Waals surface area contributed by atoms with Crippen molar-refractivity contribution in [2.45, 2.75) is 71.4 Å². The van der Waals surface area contributed by atoms with Crippen LogP contribution in [-0.4, -0.2) is 104 Å². The highest BCUT2D eigenvalue weighted by Gasteiger charge is 2.57. The van der Waals surface area contributed by atoms with Crippen LogP contribution >= 0.6 is 0 Å². The summed E-state index contributed by atoms with van der Waals surface area (Å²) in [5.41, 5.74) is 2.56. The molecule has 3 aliphatic carbocycles. The second-order valence-corrected chi connectivity index (χ2v) is 15.2. The average molecular weight is 668 g/mol. The number of aliphatic hydroxyl groups is 2. The molecule has 0 aromatic heterocycles. The van der Waals surface area contributed by atoms with Crippen LogP contribution in [0.3, 0.4) is 0 Å². The number of hydrogen-bond donors (Lipinski definition) is 4. The predicted octanol–water partition coefficient (Wildman–Crippen LogP) is 3.51. The number of nitrogens with zero attached hydrogens (tertiary/aromatic N) is 3. The molecule has 4 fully saturated rings. The van der Waals surface area contributed by atoms with Crippen LogP contribution in [0.1, 0.15) is 56.5 Å². The molecule has 0 spiro atoms. The lowest BCUT2D eigenvalue weighted by Gasteiger charge is -2.62. The van der Waals surface area contributed by atoms with E-state index >= 15 is 4.39 Å². The van der Waals surface area contributed by atoms with Gasteiger partial charge >= 0.3 is 0 Å². The van der Waals surface area contributed by atoms with E-state index in [1.165, 1.54) is 11.5 Å². The first-order valence-corrected chi connectivity index (χ1v) is 17.2. The molecule has 1 saturated heterocycles. The molecule has 8 atom stereocenters. The summed E-state index contributed by atoms with van der Waals surface area (Å²) in [7, 11) is 7.60. The fourth-order valence-electron chi connectivity index (χ4n) is 8.23. The third-order valence-corrected chi connectivity index (χ3v) is 11.3. The molecule has 4 N–H and O–H groups in total. The molecule has 2 aromatic rings. The predicted molar refractivity (Wildman–Crippen MR) is 185 cm³/mol. The Hall–Kier alpha value is -3.09. The second kappa shape index (κ2) is 14.4. The van der Waals surface area contributed by atoms with Crippen LogP contribution in [0.2, 0.25) is 0 Å². The van der Waals surface area contributed by atoms with Crippen LogP contribution in [0.5, 0.6) is 0 Å². The summed E-state index contributed by atoms with van der Waals surface area (Å²) in [5.74, 6) is -0.364. The summed E-state index contributed by atoms with van der Waals surface area (Å²) >= 11 is 0. The van der Waals surface area contributed by atoms with Crippen molar-refractivity contribution in [1.29, 1.82) is 0 Å². The van der Waals surface area contributed by atoms with Crippen LogP contribution in [-0.2, 0) is 16.2 Å². The number of rotatable bonds is 12. The highest BCUT2D eigenvalue weighted by molar-refractivity contribution is 5.97. The van der Waals surface area contributed by atoms with E-state index in [1.807, 2.05) is 44.1 Å². The first kappa shape index (κ1) is 36.2. The summed E-state index contributed by atoms with van der Waals surface area (Å²) < 4.78 is 16.5. The van der Waals surface area contributed by atoms with Crippen molar-refractivity contribution < 1.29 is 29.0 Å². The maximum Gasteiger partial charge on any atom is 0.251 e. The monoisotopic (exact) mass is 667 g/mol. The molecular weight excluding hydrogens is 613 g/mol. The minimum Gasteiger partial charge on any atom is -0.394 e. The first-order chi connectivity index (χ1) is 22.6. The van der Waals surface area contributed by atoms with Gasteiger partial charge in [0, 0.05) is 61.5 Å². The van der Waals surface area contributed by atoms with Crippen LogP contribution < -0.4 is 15.5 Å². The summed E-state index contributed by atoms with van der Waals surface area (Å²) in [6, 6.07) is 9.42. The number of hydrogen-bond acceptors (Lipinski definition) is 8. The molecule has 264 valence electrons.